The summed E-state index contributed by atoms with van der Waals surface area (Å²) in [5.41, 5.74) is -0.297. The van der Waals surface area contributed by atoms with E-state index in [-0.39, 0.29) is 18.7 Å². The lowest BCUT2D eigenvalue weighted by Crippen LogP contribution is -3.15. The zero-order valence-corrected chi connectivity index (χ0v) is 16.4. The van der Waals surface area contributed by atoms with Crippen LogP contribution in [-0.2, 0) is 36.7 Å². The smallest absolute Gasteiger partial charge is 0.332 e. The Balaban J connectivity index is 2.14. The van der Waals surface area contributed by atoms with Gasteiger partial charge in [-0.3, -0.25) is 18.7 Å². The van der Waals surface area contributed by atoms with Crippen LogP contribution in [0.5, 0.6) is 0 Å². The van der Waals surface area contributed by atoms with Crippen LogP contribution in [0.4, 0.5) is 0 Å². The highest BCUT2D eigenvalue weighted by Crippen LogP contribution is 2.12. The van der Waals surface area contributed by atoms with Crippen LogP contribution >= 0.6 is 0 Å². The molecule has 3 rings (SSSR count). The van der Waals surface area contributed by atoms with Crippen molar-refractivity contribution in [1.29, 1.82) is 0 Å². The molecule has 1 saturated heterocycles. The monoisotopic (exact) mass is 378 g/mol. The molecule has 3 heterocycles. The van der Waals surface area contributed by atoms with E-state index in [1.54, 1.807) is 18.5 Å². The number of fused-ring (bicyclic) bond motifs is 1. The Bertz CT molecular complexity index is 971. The van der Waals surface area contributed by atoms with Crippen LogP contribution in [0.1, 0.15) is 38.9 Å². The number of aryl methyl sites for hydroxylation is 1. The van der Waals surface area contributed by atoms with E-state index in [0.717, 1.165) is 24.0 Å². The van der Waals surface area contributed by atoms with Crippen molar-refractivity contribution in [3.8, 4) is 0 Å². The second-order valence-corrected chi connectivity index (χ2v) is 7.28. The fourth-order valence-corrected chi connectivity index (χ4v) is 3.85. The molecule has 2 aromatic rings. The molecule has 2 aromatic heterocycles. The summed E-state index contributed by atoms with van der Waals surface area (Å²) in [6.45, 7) is 5.77. The van der Waals surface area contributed by atoms with Crippen molar-refractivity contribution in [3.63, 3.8) is 0 Å². The second kappa shape index (κ2) is 7.67. The summed E-state index contributed by atoms with van der Waals surface area (Å²) in [5, 5.41) is 0. The summed E-state index contributed by atoms with van der Waals surface area (Å²) in [5.74, 6) is 0.218. The highest BCUT2D eigenvalue weighted by molar-refractivity contribution is 5.75. The van der Waals surface area contributed by atoms with Crippen molar-refractivity contribution < 1.29 is 14.4 Å². The van der Waals surface area contributed by atoms with Gasteiger partial charge in [0.05, 0.1) is 19.2 Å². The Morgan fingerprint density at radius 3 is 2.67 bits per heavy atom. The van der Waals surface area contributed by atoms with E-state index in [4.69, 9.17) is 4.74 Å². The molecule has 0 aromatic carbocycles. The van der Waals surface area contributed by atoms with Gasteiger partial charge in [-0.25, -0.2) is 9.78 Å². The van der Waals surface area contributed by atoms with Crippen LogP contribution in [-0.4, -0.2) is 43.8 Å². The van der Waals surface area contributed by atoms with E-state index >= 15 is 0 Å². The average Bonchev–Trinajstić information content (AvgIpc) is 2.98. The molecule has 1 unspecified atom stereocenters. The molecule has 9 heteroatoms. The quantitative estimate of drug-likeness (QED) is 0.671. The third kappa shape index (κ3) is 3.55. The van der Waals surface area contributed by atoms with Gasteiger partial charge in [-0.05, 0) is 33.1 Å². The normalized spacial score (nSPS) is 20.1. The van der Waals surface area contributed by atoms with E-state index in [0.29, 0.717) is 24.1 Å². The lowest BCUT2D eigenvalue weighted by atomic mass is 10.0. The third-order valence-electron chi connectivity index (χ3n) is 5.49. The van der Waals surface area contributed by atoms with Crippen molar-refractivity contribution >= 4 is 17.1 Å². The number of hydrogen-bond acceptors (Lipinski definition) is 5. The lowest BCUT2D eigenvalue weighted by Gasteiger charge is -2.29. The molecule has 0 aliphatic carbocycles. The third-order valence-corrected chi connectivity index (χ3v) is 5.49. The zero-order valence-electron chi connectivity index (χ0n) is 16.4. The summed E-state index contributed by atoms with van der Waals surface area (Å²) >= 11 is 0. The van der Waals surface area contributed by atoms with Gasteiger partial charge in [0.1, 0.15) is 13.1 Å². The minimum Gasteiger partial charge on any atom is -0.465 e. The molecule has 0 spiro atoms. The van der Waals surface area contributed by atoms with Crippen LogP contribution in [0.15, 0.2) is 9.59 Å². The van der Waals surface area contributed by atoms with Crippen molar-refractivity contribution in [2.24, 2.45) is 14.1 Å². The minimum atomic E-state index is -0.446. The number of ether oxygens (including phenoxy) is 1. The molecular formula is C18H28N5O4+. The number of nitrogens with zero attached hydrogens (tertiary/aromatic N) is 4. The van der Waals surface area contributed by atoms with Crippen LogP contribution < -0.4 is 16.1 Å². The molecule has 1 N–H and O–H groups in total. The molecule has 1 aliphatic heterocycles. The molecule has 9 nitrogen and oxygen atoms in total. The van der Waals surface area contributed by atoms with Gasteiger partial charge in [0.25, 0.3) is 5.56 Å². The number of nitrogens with one attached hydrogen (secondary N) is 1. The summed E-state index contributed by atoms with van der Waals surface area (Å²) in [6, 6.07) is 0.487. The van der Waals surface area contributed by atoms with E-state index in [1.807, 2.05) is 0 Å². The first kappa shape index (κ1) is 19.3. The van der Waals surface area contributed by atoms with Gasteiger partial charge < -0.3 is 14.2 Å². The number of likely N-dealkylation sites (tertiary alicyclic amines) is 1. The number of esters is 1. The van der Waals surface area contributed by atoms with Crippen LogP contribution in [0, 0.1) is 0 Å². The van der Waals surface area contributed by atoms with Crippen LogP contribution in [0.2, 0.25) is 0 Å². The van der Waals surface area contributed by atoms with E-state index in [1.165, 1.54) is 22.9 Å². The lowest BCUT2D eigenvalue weighted by molar-refractivity contribution is -0.942. The van der Waals surface area contributed by atoms with Gasteiger partial charge in [-0.15, -0.1) is 0 Å². The highest BCUT2D eigenvalue weighted by atomic mass is 16.5. The molecule has 0 bridgehead atoms. The topological polar surface area (TPSA) is 92.6 Å². The number of quaternary nitrogens is 1. The van der Waals surface area contributed by atoms with Gasteiger partial charge in [0, 0.05) is 14.1 Å². The van der Waals surface area contributed by atoms with Crippen molar-refractivity contribution in [1.82, 2.24) is 18.7 Å². The fourth-order valence-electron chi connectivity index (χ4n) is 3.85. The van der Waals surface area contributed by atoms with Crippen molar-refractivity contribution in [2.75, 3.05) is 13.2 Å². The maximum Gasteiger partial charge on any atom is 0.332 e. The summed E-state index contributed by atoms with van der Waals surface area (Å²) in [7, 11) is 3.02. The van der Waals surface area contributed by atoms with Gasteiger partial charge in [-0.2, -0.15) is 0 Å². The number of carbonyl (C=O) groups excluding carboxylic acids is 1. The number of aromatic nitrogens is 4. The number of hydrogen-bond donors (Lipinski definition) is 1. The molecule has 148 valence electrons. The van der Waals surface area contributed by atoms with Crippen LogP contribution in [0.3, 0.4) is 0 Å². The number of piperidine rings is 1. The molecule has 0 radical (unpaired) electrons. The van der Waals surface area contributed by atoms with Gasteiger partial charge in [0.2, 0.25) is 0 Å². The summed E-state index contributed by atoms with van der Waals surface area (Å²) in [6.07, 6.45) is 3.52. The molecule has 0 amide bonds. The molecule has 0 saturated carbocycles. The van der Waals surface area contributed by atoms with E-state index < -0.39 is 17.2 Å². The SMILES string of the molecule is CCOC(=O)Cn1c(C[NH+]2CCCC[C@@H]2C)nc2c1c(=O)n(C)c(=O)n2C. The Morgan fingerprint density at radius 1 is 1.26 bits per heavy atom. The molecule has 1 aliphatic rings. The summed E-state index contributed by atoms with van der Waals surface area (Å²) < 4.78 is 9.12. The first-order valence-corrected chi connectivity index (χ1v) is 9.50. The molecule has 27 heavy (non-hydrogen) atoms. The maximum atomic E-state index is 12.8. The zero-order chi connectivity index (χ0) is 19.7. The molecular weight excluding hydrogens is 350 g/mol. The maximum absolute atomic E-state index is 12.8. The van der Waals surface area contributed by atoms with Gasteiger partial charge in [-0.1, -0.05) is 0 Å². The minimum absolute atomic E-state index is 0.0885. The largest absolute Gasteiger partial charge is 0.465 e. The van der Waals surface area contributed by atoms with Crippen molar-refractivity contribution in [3.05, 3.63) is 26.7 Å². The Kier molecular flexibility index (Phi) is 5.50. The molecule has 1 fully saturated rings. The van der Waals surface area contributed by atoms with Gasteiger partial charge in [0.15, 0.2) is 17.0 Å². The average molecular weight is 378 g/mol. The highest BCUT2D eigenvalue weighted by Gasteiger charge is 2.27. The fraction of sp³-hybridized carbons (Fsp3) is 0.667. The summed E-state index contributed by atoms with van der Waals surface area (Å²) in [4.78, 5) is 43.2. The number of imidazole rings is 1. The predicted molar refractivity (Wildman–Crippen MR) is 99.7 cm³/mol. The Hall–Kier alpha value is -2.42. The Morgan fingerprint density at radius 2 is 2.00 bits per heavy atom. The van der Waals surface area contributed by atoms with Gasteiger partial charge >= 0.3 is 11.7 Å². The van der Waals surface area contributed by atoms with Crippen molar-refractivity contribution in [2.45, 2.75) is 52.2 Å². The standard InChI is InChI=1S/C18H27N5O4/c1-5-27-14(24)11-23-13(10-22-9-7-6-8-12(22)2)19-16-15(23)17(25)21(4)18(26)20(16)3/h12H,5-11H2,1-4H3/p+1/t12-/m0/s1. The first-order valence-electron chi connectivity index (χ1n) is 9.50. The van der Waals surface area contributed by atoms with E-state index in [2.05, 4.69) is 11.9 Å². The Labute approximate surface area is 157 Å². The number of carbonyl (C=O) groups is 1. The number of rotatable bonds is 5. The predicted octanol–water partition coefficient (Wildman–Crippen LogP) is -1.05. The first-order chi connectivity index (χ1) is 12.8. The molecule has 2 atom stereocenters. The second-order valence-electron chi connectivity index (χ2n) is 7.28. The van der Waals surface area contributed by atoms with E-state index in [9.17, 15) is 14.4 Å². The van der Waals surface area contributed by atoms with Crippen LogP contribution in [0.25, 0.3) is 11.2 Å².